The number of carbonyl (C=O) groups is 2. The van der Waals surface area contributed by atoms with Crippen LogP contribution in [0.4, 0.5) is 10.5 Å². The zero-order valence-corrected chi connectivity index (χ0v) is 21.4. The normalized spacial score (nSPS) is 24.6. The van der Waals surface area contributed by atoms with Gasteiger partial charge in [0.05, 0.1) is 26.1 Å². The molecule has 0 spiro atoms. The van der Waals surface area contributed by atoms with Crippen LogP contribution in [0.1, 0.15) is 57.2 Å². The van der Waals surface area contributed by atoms with Crippen molar-refractivity contribution in [1.29, 1.82) is 0 Å². The molecule has 4 rings (SSSR count). The second-order valence-electron chi connectivity index (χ2n) is 10.1. The molecule has 3 atom stereocenters. The van der Waals surface area contributed by atoms with Gasteiger partial charge in [-0.2, -0.15) is 0 Å². The Balaban J connectivity index is 1.64. The van der Waals surface area contributed by atoms with Crippen LogP contribution in [0.3, 0.4) is 0 Å². The molecule has 2 aliphatic heterocycles. The summed E-state index contributed by atoms with van der Waals surface area (Å²) in [4.78, 5) is 26.3. The lowest BCUT2D eigenvalue weighted by molar-refractivity contribution is -0.129. The van der Waals surface area contributed by atoms with Crippen LogP contribution in [-0.2, 0) is 11.3 Å². The van der Waals surface area contributed by atoms with E-state index >= 15 is 0 Å². The Kier molecular flexibility index (Phi) is 7.59. The lowest BCUT2D eigenvalue weighted by Gasteiger charge is -2.45. The molecule has 2 aromatic carbocycles. The first-order chi connectivity index (χ1) is 16.8. The van der Waals surface area contributed by atoms with Gasteiger partial charge in [-0.1, -0.05) is 24.3 Å². The molecule has 2 amide bonds. The van der Waals surface area contributed by atoms with E-state index in [4.69, 9.17) is 0 Å². The molecule has 0 bridgehead atoms. The van der Waals surface area contributed by atoms with Crippen LogP contribution in [0.15, 0.2) is 42.5 Å². The maximum atomic E-state index is 12.8. The van der Waals surface area contributed by atoms with Gasteiger partial charge < -0.3 is 20.6 Å². The molecule has 1 unspecified atom stereocenters. The SMILES string of the molecule is CCN(C(=O)O)[C@@H]1C[C@H](C)[N+](C)(C(C)=O)c2ccc(-c3ccc(CNC4CCNCC4)cc3)cc21. The summed E-state index contributed by atoms with van der Waals surface area (Å²) in [5.41, 5.74) is 5.20. The highest BCUT2D eigenvalue weighted by molar-refractivity contribution is 5.89. The van der Waals surface area contributed by atoms with E-state index in [0.29, 0.717) is 19.0 Å². The van der Waals surface area contributed by atoms with Crippen LogP contribution >= 0.6 is 0 Å². The number of nitrogens with one attached hydrogen (secondary N) is 2. The first-order valence-corrected chi connectivity index (χ1v) is 12.8. The lowest BCUT2D eigenvalue weighted by Crippen LogP contribution is -2.60. The van der Waals surface area contributed by atoms with Crippen molar-refractivity contribution in [2.24, 2.45) is 0 Å². The minimum atomic E-state index is -0.925. The van der Waals surface area contributed by atoms with E-state index in [1.807, 2.05) is 27.0 Å². The monoisotopic (exact) mass is 479 g/mol. The van der Waals surface area contributed by atoms with E-state index in [-0.39, 0.29) is 22.5 Å². The summed E-state index contributed by atoms with van der Waals surface area (Å²) in [7, 11) is 1.95. The average Bonchev–Trinajstić information content (AvgIpc) is 2.86. The van der Waals surface area contributed by atoms with Gasteiger partial charge in [-0.15, -0.1) is 0 Å². The molecule has 0 aromatic heterocycles. The number of rotatable bonds is 6. The maximum absolute atomic E-state index is 12.8. The standard InChI is InChI=1S/C28H38N4O3/c1-5-31(28(34)35)26-16-19(2)32(4,20(3)33)27-11-10-23(17-25(26)27)22-8-6-21(7-9-22)18-30-24-12-14-29-15-13-24/h6-11,17,19,24,26,29-30H,5,12-16,18H2,1-4H3/p+1/t19-,26+,32?/m0/s1. The second kappa shape index (κ2) is 10.5. The van der Waals surface area contributed by atoms with Crippen LogP contribution in [0.2, 0.25) is 0 Å². The summed E-state index contributed by atoms with van der Waals surface area (Å²) in [6.45, 7) is 8.94. The third kappa shape index (κ3) is 4.99. The van der Waals surface area contributed by atoms with Crippen LogP contribution < -0.4 is 15.1 Å². The zero-order chi connectivity index (χ0) is 25.2. The number of quaternary nitrogens is 1. The predicted molar refractivity (Wildman–Crippen MR) is 140 cm³/mol. The molecule has 2 aromatic rings. The van der Waals surface area contributed by atoms with Gasteiger partial charge in [0, 0.05) is 37.2 Å². The summed E-state index contributed by atoms with van der Waals surface area (Å²) >= 11 is 0. The van der Waals surface area contributed by atoms with Crippen molar-refractivity contribution in [3.63, 3.8) is 0 Å². The van der Waals surface area contributed by atoms with Gasteiger partial charge in [-0.05, 0) is 68.6 Å². The number of carboxylic acid groups (broad SMARTS) is 1. The summed E-state index contributed by atoms with van der Waals surface area (Å²) in [5, 5.41) is 16.9. The number of fused-ring (bicyclic) bond motifs is 1. The molecule has 0 radical (unpaired) electrons. The number of benzene rings is 2. The summed E-state index contributed by atoms with van der Waals surface area (Å²) in [6.07, 6.45) is 2.00. The van der Waals surface area contributed by atoms with E-state index in [9.17, 15) is 14.7 Å². The number of hydrogen-bond donors (Lipinski definition) is 3. The summed E-state index contributed by atoms with van der Waals surface area (Å²) in [6, 6.07) is 15.0. The third-order valence-electron chi connectivity index (χ3n) is 8.17. The highest BCUT2D eigenvalue weighted by atomic mass is 16.4. The van der Waals surface area contributed by atoms with Crippen molar-refractivity contribution in [2.45, 2.75) is 64.7 Å². The lowest BCUT2D eigenvalue weighted by atomic mass is 9.86. The van der Waals surface area contributed by atoms with Crippen LogP contribution in [0.5, 0.6) is 0 Å². The van der Waals surface area contributed by atoms with E-state index in [1.165, 1.54) is 10.5 Å². The molecule has 35 heavy (non-hydrogen) atoms. The Morgan fingerprint density at radius 2 is 1.77 bits per heavy atom. The van der Waals surface area contributed by atoms with Gasteiger partial charge >= 0.3 is 12.0 Å². The largest absolute Gasteiger partial charge is 0.465 e. The van der Waals surface area contributed by atoms with Gasteiger partial charge in [0.25, 0.3) is 0 Å². The van der Waals surface area contributed by atoms with Crippen LogP contribution in [-0.4, -0.2) is 60.8 Å². The second-order valence-corrected chi connectivity index (χ2v) is 10.1. The van der Waals surface area contributed by atoms with E-state index in [1.54, 1.807) is 6.92 Å². The van der Waals surface area contributed by atoms with E-state index in [0.717, 1.165) is 54.9 Å². The zero-order valence-electron chi connectivity index (χ0n) is 21.4. The molecule has 2 aliphatic rings. The number of carbonyl (C=O) groups excluding carboxylic acids is 1. The van der Waals surface area contributed by atoms with Crippen molar-refractivity contribution < 1.29 is 14.7 Å². The maximum Gasteiger partial charge on any atom is 0.407 e. The van der Waals surface area contributed by atoms with Gasteiger partial charge in [-0.3, -0.25) is 0 Å². The fourth-order valence-corrected chi connectivity index (χ4v) is 5.69. The summed E-state index contributed by atoms with van der Waals surface area (Å²) in [5.74, 6) is 0.0638. The van der Waals surface area contributed by atoms with E-state index < -0.39 is 6.09 Å². The van der Waals surface area contributed by atoms with Gasteiger partial charge in [-0.25, -0.2) is 14.1 Å². The first kappa shape index (κ1) is 25.4. The van der Waals surface area contributed by atoms with Gasteiger partial charge in [0.1, 0.15) is 5.69 Å². The molecule has 2 heterocycles. The molecular weight excluding hydrogens is 440 g/mol. The topological polar surface area (TPSA) is 81.7 Å². The Morgan fingerprint density at radius 1 is 1.11 bits per heavy atom. The Bertz CT molecular complexity index is 1060. The fraction of sp³-hybridized carbons (Fsp3) is 0.500. The van der Waals surface area contributed by atoms with Crippen LogP contribution in [0.25, 0.3) is 11.1 Å². The fourth-order valence-electron chi connectivity index (χ4n) is 5.69. The molecule has 188 valence electrons. The van der Waals surface area contributed by atoms with E-state index in [2.05, 4.69) is 47.0 Å². The van der Waals surface area contributed by atoms with Crippen LogP contribution in [0, 0.1) is 0 Å². The molecule has 0 aliphatic carbocycles. The first-order valence-electron chi connectivity index (χ1n) is 12.8. The molecule has 7 heteroatoms. The Hall–Kier alpha value is -2.74. The number of nitrogens with zero attached hydrogens (tertiary/aromatic N) is 2. The molecule has 1 saturated heterocycles. The molecule has 3 N–H and O–H groups in total. The highest BCUT2D eigenvalue weighted by Crippen LogP contribution is 2.45. The minimum absolute atomic E-state index is 0.0176. The summed E-state index contributed by atoms with van der Waals surface area (Å²) < 4.78 is 0.185. The molecular formula is C28H39N4O3+. The predicted octanol–water partition coefficient (Wildman–Crippen LogP) is 4.51. The quantitative estimate of drug-likeness (QED) is 0.531. The Morgan fingerprint density at radius 3 is 2.37 bits per heavy atom. The van der Waals surface area contributed by atoms with Crippen molar-refractivity contribution >= 4 is 17.7 Å². The minimum Gasteiger partial charge on any atom is -0.465 e. The average molecular weight is 480 g/mol. The van der Waals surface area contributed by atoms with Crippen molar-refractivity contribution in [3.05, 3.63) is 53.6 Å². The van der Waals surface area contributed by atoms with Crippen molar-refractivity contribution in [2.75, 3.05) is 26.7 Å². The van der Waals surface area contributed by atoms with Gasteiger partial charge in [0.15, 0.2) is 0 Å². The smallest absolute Gasteiger partial charge is 0.407 e. The molecule has 1 fully saturated rings. The number of amides is 2. The number of hydrogen-bond acceptors (Lipinski definition) is 4. The van der Waals surface area contributed by atoms with Crippen molar-refractivity contribution in [3.8, 4) is 11.1 Å². The third-order valence-corrected chi connectivity index (χ3v) is 8.17. The van der Waals surface area contributed by atoms with Crippen molar-refractivity contribution in [1.82, 2.24) is 20.0 Å². The molecule has 7 nitrogen and oxygen atoms in total. The van der Waals surface area contributed by atoms with Gasteiger partial charge in [0.2, 0.25) is 0 Å². The Labute approximate surface area is 208 Å². The highest BCUT2D eigenvalue weighted by Gasteiger charge is 2.47. The number of piperidine rings is 1. The molecule has 0 saturated carbocycles.